The van der Waals surface area contributed by atoms with Crippen molar-refractivity contribution in [1.82, 2.24) is 20.5 Å². The summed E-state index contributed by atoms with van der Waals surface area (Å²) in [6.45, 7) is 2.28. The van der Waals surface area contributed by atoms with Crippen molar-refractivity contribution >= 4 is 17.2 Å². The highest BCUT2D eigenvalue weighted by atomic mass is 32.1. The highest BCUT2D eigenvalue weighted by molar-refractivity contribution is 7.13. The first-order valence-corrected chi connectivity index (χ1v) is 7.87. The summed E-state index contributed by atoms with van der Waals surface area (Å²) in [6, 6.07) is 11.2. The van der Waals surface area contributed by atoms with Crippen LogP contribution in [0.4, 0.5) is 0 Å². The molecule has 0 saturated carbocycles. The second-order valence-corrected chi connectivity index (χ2v) is 6.22. The van der Waals surface area contributed by atoms with Gasteiger partial charge in [-0.25, -0.2) is 4.98 Å². The van der Waals surface area contributed by atoms with Crippen LogP contribution in [0, 0.1) is 6.92 Å². The number of benzene rings is 1. The van der Waals surface area contributed by atoms with Crippen molar-refractivity contribution < 1.29 is 9.53 Å². The smallest absolute Gasteiger partial charge is 0.261 e. The van der Waals surface area contributed by atoms with E-state index in [9.17, 15) is 4.79 Å². The molecule has 23 heavy (non-hydrogen) atoms. The van der Waals surface area contributed by atoms with Crippen LogP contribution in [0.25, 0.3) is 11.4 Å². The molecule has 0 fully saturated rings. The molecule has 7 heteroatoms. The van der Waals surface area contributed by atoms with Gasteiger partial charge in [0.1, 0.15) is 11.6 Å². The molecule has 1 aromatic carbocycles. The first-order chi connectivity index (χ1) is 11.2. The van der Waals surface area contributed by atoms with Gasteiger partial charge in [-0.2, -0.15) is 5.10 Å². The summed E-state index contributed by atoms with van der Waals surface area (Å²) >= 11 is 1.47. The first kappa shape index (κ1) is 15.2. The van der Waals surface area contributed by atoms with E-state index >= 15 is 0 Å². The van der Waals surface area contributed by atoms with Gasteiger partial charge in [0.15, 0.2) is 5.82 Å². The highest BCUT2D eigenvalue weighted by Gasteiger charge is 2.10. The SMILES string of the molecule is COc1ccc(-c2n[nH]c(CNC(=O)c3ccc(C)s3)n2)cc1. The van der Waals surface area contributed by atoms with E-state index in [-0.39, 0.29) is 5.91 Å². The molecule has 6 nitrogen and oxygen atoms in total. The van der Waals surface area contributed by atoms with Crippen LogP contribution >= 0.6 is 11.3 Å². The van der Waals surface area contributed by atoms with Crippen LogP contribution in [0.5, 0.6) is 5.75 Å². The van der Waals surface area contributed by atoms with Crippen LogP contribution in [-0.2, 0) is 6.54 Å². The number of aromatic nitrogens is 3. The van der Waals surface area contributed by atoms with E-state index in [2.05, 4.69) is 20.5 Å². The molecule has 2 N–H and O–H groups in total. The number of rotatable bonds is 5. The number of methoxy groups -OCH3 is 1. The highest BCUT2D eigenvalue weighted by Crippen LogP contribution is 2.19. The van der Waals surface area contributed by atoms with Gasteiger partial charge in [-0.1, -0.05) is 0 Å². The number of hydrogen-bond acceptors (Lipinski definition) is 5. The lowest BCUT2D eigenvalue weighted by Crippen LogP contribution is -2.22. The summed E-state index contributed by atoms with van der Waals surface area (Å²) in [5, 5.41) is 9.84. The van der Waals surface area contributed by atoms with E-state index in [0.29, 0.717) is 23.1 Å². The fraction of sp³-hybridized carbons (Fsp3) is 0.188. The van der Waals surface area contributed by atoms with Gasteiger partial charge in [-0.3, -0.25) is 9.89 Å². The predicted molar refractivity (Wildman–Crippen MR) is 88.6 cm³/mol. The number of nitrogens with one attached hydrogen (secondary N) is 2. The van der Waals surface area contributed by atoms with Crippen molar-refractivity contribution in [2.45, 2.75) is 13.5 Å². The van der Waals surface area contributed by atoms with Gasteiger partial charge in [-0.15, -0.1) is 11.3 Å². The van der Waals surface area contributed by atoms with Gasteiger partial charge < -0.3 is 10.1 Å². The summed E-state index contributed by atoms with van der Waals surface area (Å²) in [5.41, 5.74) is 0.883. The van der Waals surface area contributed by atoms with Crippen molar-refractivity contribution in [2.24, 2.45) is 0 Å². The Morgan fingerprint density at radius 2 is 2.04 bits per heavy atom. The molecular weight excluding hydrogens is 312 g/mol. The minimum absolute atomic E-state index is 0.106. The summed E-state index contributed by atoms with van der Waals surface area (Å²) < 4.78 is 5.12. The molecule has 0 spiro atoms. The summed E-state index contributed by atoms with van der Waals surface area (Å²) in [4.78, 5) is 18.2. The van der Waals surface area contributed by atoms with Crippen molar-refractivity contribution in [3.05, 3.63) is 52.0 Å². The topological polar surface area (TPSA) is 79.9 Å². The van der Waals surface area contributed by atoms with Crippen LogP contribution in [0.15, 0.2) is 36.4 Å². The van der Waals surface area contributed by atoms with E-state index in [1.165, 1.54) is 11.3 Å². The van der Waals surface area contributed by atoms with Crippen molar-refractivity contribution in [3.8, 4) is 17.1 Å². The average Bonchev–Trinajstić information content (AvgIpc) is 3.22. The molecule has 0 radical (unpaired) electrons. The fourth-order valence-electron chi connectivity index (χ4n) is 2.05. The van der Waals surface area contributed by atoms with Crippen LogP contribution < -0.4 is 10.1 Å². The molecule has 2 aromatic heterocycles. The van der Waals surface area contributed by atoms with Gasteiger partial charge in [0.2, 0.25) is 0 Å². The number of hydrogen-bond donors (Lipinski definition) is 2. The minimum atomic E-state index is -0.106. The number of carbonyl (C=O) groups is 1. The van der Waals surface area contributed by atoms with E-state index in [1.54, 1.807) is 7.11 Å². The molecule has 0 aliphatic rings. The van der Waals surface area contributed by atoms with E-state index in [1.807, 2.05) is 43.3 Å². The Morgan fingerprint density at radius 3 is 2.70 bits per heavy atom. The zero-order valence-corrected chi connectivity index (χ0v) is 13.6. The van der Waals surface area contributed by atoms with Gasteiger partial charge in [0.25, 0.3) is 5.91 Å². The summed E-state index contributed by atoms with van der Waals surface area (Å²) in [5.74, 6) is 1.87. The molecule has 0 atom stereocenters. The van der Waals surface area contributed by atoms with Gasteiger partial charge in [-0.05, 0) is 43.3 Å². The molecule has 0 bridgehead atoms. The van der Waals surface area contributed by atoms with Gasteiger partial charge >= 0.3 is 0 Å². The number of nitrogens with zero attached hydrogens (tertiary/aromatic N) is 2. The van der Waals surface area contributed by atoms with Crippen molar-refractivity contribution in [3.63, 3.8) is 0 Å². The molecule has 0 unspecified atom stereocenters. The number of ether oxygens (including phenoxy) is 1. The number of thiophene rings is 1. The zero-order chi connectivity index (χ0) is 16.2. The molecule has 0 saturated heterocycles. The average molecular weight is 328 g/mol. The molecule has 0 aliphatic carbocycles. The lowest BCUT2D eigenvalue weighted by atomic mass is 10.2. The second kappa shape index (κ2) is 6.62. The Labute approximate surface area is 137 Å². The van der Waals surface area contributed by atoms with Crippen LogP contribution in [0.2, 0.25) is 0 Å². The monoisotopic (exact) mass is 328 g/mol. The molecule has 1 amide bonds. The quantitative estimate of drug-likeness (QED) is 0.755. The standard InChI is InChI=1S/C16H16N4O2S/c1-10-3-8-13(23-10)16(21)17-9-14-18-15(20-19-14)11-4-6-12(22-2)7-5-11/h3-8H,9H2,1-2H3,(H,17,21)(H,18,19,20). The normalized spacial score (nSPS) is 10.5. The predicted octanol–water partition coefficient (Wildman–Crippen LogP) is 2.78. The fourth-order valence-corrected chi connectivity index (χ4v) is 2.84. The molecular formula is C16H16N4O2S. The maximum Gasteiger partial charge on any atom is 0.261 e. The molecule has 3 aromatic rings. The van der Waals surface area contributed by atoms with Crippen LogP contribution in [0.1, 0.15) is 20.4 Å². The maximum absolute atomic E-state index is 12.0. The number of amides is 1. The van der Waals surface area contributed by atoms with E-state index in [0.717, 1.165) is 16.2 Å². The summed E-state index contributed by atoms with van der Waals surface area (Å²) in [7, 11) is 1.62. The Morgan fingerprint density at radius 1 is 1.26 bits per heavy atom. The lowest BCUT2D eigenvalue weighted by molar-refractivity contribution is 0.0954. The number of aryl methyl sites for hydroxylation is 1. The third-order valence-electron chi connectivity index (χ3n) is 3.26. The van der Waals surface area contributed by atoms with Crippen LogP contribution in [0.3, 0.4) is 0 Å². The molecule has 3 rings (SSSR count). The number of carbonyl (C=O) groups excluding carboxylic acids is 1. The second-order valence-electron chi connectivity index (χ2n) is 4.93. The first-order valence-electron chi connectivity index (χ1n) is 7.06. The van der Waals surface area contributed by atoms with Gasteiger partial charge in [0.05, 0.1) is 18.5 Å². The molecule has 2 heterocycles. The molecule has 118 valence electrons. The Balaban J connectivity index is 1.63. The van der Waals surface area contributed by atoms with Gasteiger partial charge in [0, 0.05) is 10.4 Å². The van der Waals surface area contributed by atoms with Crippen LogP contribution in [-0.4, -0.2) is 28.2 Å². The Kier molecular flexibility index (Phi) is 4.38. The third-order valence-corrected chi connectivity index (χ3v) is 4.26. The summed E-state index contributed by atoms with van der Waals surface area (Å²) in [6.07, 6.45) is 0. The zero-order valence-electron chi connectivity index (χ0n) is 12.8. The molecule has 0 aliphatic heterocycles. The number of aromatic amines is 1. The number of H-pyrrole nitrogens is 1. The lowest BCUT2D eigenvalue weighted by Gasteiger charge is -2.00. The van der Waals surface area contributed by atoms with E-state index in [4.69, 9.17) is 4.74 Å². The van der Waals surface area contributed by atoms with E-state index < -0.39 is 0 Å². The largest absolute Gasteiger partial charge is 0.497 e. The Bertz CT molecular complexity index is 808. The van der Waals surface area contributed by atoms with Crippen molar-refractivity contribution in [2.75, 3.05) is 7.11 Å². The Hall–Kier alpha value is -2.67. The maximum atomic E-state index is 12.0. The van der Waals surface area contributed by atoms with Crippen molar-refractivity contribution in [1.29, 1.82) is 0 Å². The third kappa shape index (κ3) is 3.57. The minimum Gasteiger partial charge on any atom is -0.497 e.